The maximum atomic E-state index is 11.9. The van der Waals surface area contributed by atoms with E-state index in [-0.39, 0.29) is 5.75 Å². The summed E-state index contributed by atoms with van der Waals surface area (Å²) in [5, 5.41) is 0. The van der Waals surface area contributed by atoms with Crippen LogP contribution in [0.2, 0.25) is 0 Å². The lowest BCUT2D eigenvalue weighted by molar-refractivity contribution is -0.274. The Balaban J connectivity index is 2.19. The molecule has 0 aliphatic heterocycles. The first-order chi connectivity index (χ1) is 8.04. The number of halogens is 3. The highest BCUT2D eigenvalue weighted by molar-refractivity contribution is 5.63. The van der Waals surface area contributed by atoms with Crippen molar-refractivity contribution in [1.29, 1.82) is 0 Å². The van der Waals surface area contributed by atoms with Crippen molar-refractivity contribution in [1.82, 2.24) is 0 Å². The predicted molar refractivity (Wildman–Crippen MR) is 57.4 cm³/mol. The Bertz CT molecular complexity index is 474. The molecule has 0 heterocycles. The smallest absolute Gasteiger partial charge is 0.406 e. The molecule has 1 nitrogen and oxygen atoms in total. The van der Waals surface area contributed by atoms with Gasteiger partial charge in [-0.25, -0.2) is 0 Å². The van der Waals surface area contributed by atoms with Crippen LogP contribution in [0.3, 0.4) is 0 Å². The minimum atomic E-state index is -4.65. The minimum absolute atomic E-state index is 0.219. The summed E-state index contributed by atoms with van der Waals surface area (Å²) in [5.41, 5.74) is 1.75. The monoisotopic (exact) mass is 237 g/mol. The van der Waals surface area contributed by atoms with Crippen molar-refractivity contribution >= 4 is 0 Å². The molecule has 0 aliphatic carbocycles. The molecule has 0 atom stereocenters. The fourth-order valence-electron chi connectivity index (χ4n) is 1.43. The van der Waals surface area contributed by atoms with Gasteiger partial charge < -0.3 is 4.74 Å². The van der Waals surface area contributed by atoms with Gasteiger partial charge in [0.15, 0.2) is 0 Å². The zero-order valence-electron chi connectivity index (χ0n) is 8.66. The first-order valence-electron chi connectivity index (χ1n) is 4.87. The molecule has 87 valence electrons. The Morgan fingerprint density at radius 2 is 1.35 bits per heavy atom. The predicted octanol–water partition coefficient (Wildman–Crippen LogP) is 4.05. The van der Waals surface area contributed by atoms with E-state index in [4.69, 9.17) is 0 Å². The minimum Gasteiger partial charge on any atom is -0.406 e. The van der Waals surface area contributed by atoms with Gasteiger partial charge in [0.2, 0.25) is 0 Å². The van der Waals surface area contributed by atoms with Gasteiger partial charge in [-0.05, 0) is 29.3 Å². The Morgan fingerprint density at radius 1 is 0.824 bits per heavy atom. The van der Waals surface area contributed by atoms with E-state index in [1.165, 1.54) is 12.1 Å². The molecule has 0 spiro atoms. The van der Waals surface area contributed by atoms with Gasteiger partial charge in [0, 0.05) is 0 Å². The van der Waals surface area contributed by atoms with Crippen LogP contribution in [0.5, 0.6) is 5.75 Å². The van der Waals surface area contributed by atoms with Gasteiger partial charge in [0.25, 0.3) is 0 Å². The Kier molecular flexibility index (Phi) is 3.04. The molecule has 0 bridgehead atoms. The van der Waals surface area contributed by atoms with Crippen LogP contribution in [0.4, 0.5) is 13.2 Å². The van der Waals surface area contributed by atoms with Crippen molar-refractivity contribution in [3.8, 4) is 16.9 Å². The Hall–Kier alpha value is -1.97. The number of hydrogen-bond donors (Lipinski definition) is 0. The van der Waals surface area contributed by atoms with E-state index in [0.29, 0.717) is 0 Å². The molecule has 0 unspecified atom stereocenters. The van der Waals surface area contributed by atoms with Gasteiger partial charge in [0.05, 0.1) is 0 Å². The van der Waals surface area contributed by atoms with Gasteiger partial charge in [-0.3, -0.25) is 0 Å². The molecule has 0 fully saturated rings. The van der Waals surface area contributed by atoms with Gasteiger partial charge in [-0.15, -0.1) is 13.2 Å². The number of hydrogen-bond acceptors (Lipinski definition) is 1. The van der Waals surface area contributed by atoms with E-state index in [9.17, 15) is 13.2 Å². The first-order valence-corrected chi connectivity index (χ1v) is 4.87. The third-order valence-corrected chi connectivity index (χ3v) is 2.14. The average Bonchev–Trinajstić information content (AvgIpc) is 2.29. The molecule has 0 saturated heterocycles. The molecule has 2 rings (SSSR count). The SMILES string of the molecule is FC(F)(F)Oc1ccc(-c2cc[c]cc2)cc1. The van der Waals surface area contributed by atoms with Crippen molar-refractivity contribution in [3.05, 3.63) is 54.6 Å². The van der Waals surface area contributed by atoms with Crippen LogP contribution in [0.1, 0.15) is 0 Å². The Labute approximate surface area is 96.5 Å². The summed E-state index contributed by atoms with van der Waals surface area (Å²) < 4.78 is 39.6. The van der Waals surface area contributed by atoms with Crippen molar-refractivity contribution in [2.75, 3.05) is 0 Å². The molecular formula is C13H8F3O. The second kappa shape index (κ2) is 4.49. The van der Waals surface area contributed by atoms with E-state index in [0.717, 1.165) is 11.1 Å². The van der Waals surface area contributed by atoms with E-state index in [1.54, 1.807) is 24.3 Å². The normalized spacial score (nSPS) is 11.2. The topological polar surface area (TPSA) is 9.23 Å². The number of benzene rings is 2. The molecule has 0 aliphatic rings. The summed E-state index contributed by atoms with van der Waals surface area (Å²) >= 11 is 0. The van der Waals surface area contributed by atoms with Crippen LogP contribution in [0.25, 0.3) is 11.1 Å². The lowest BCUT2D eigenvalue weighted by atomic mass is 10.1. The lowest BCUT2D eigenvalue weighted by Gasteiger charge is -2.09. The van der Waals surface area contributed by atoms with Crippen molar-refractivity contribution in [2.45, 2.75) is 6.36 Å². The van der Waals surface area contributed by atoms with E-state index in [1.807, 2.05) is 12.1 Å². The van der Waals surface area contributed by atoms with Gasteiger partial charge >= 0.3 is 6.36 Å². The molecule has 2 aromatic rings. The summed E-state index contributed by atoms with van der Waals surface area (Å²) in [4.78, 5) is 0. The summed E-state index contributed by atoms with van der Waals surface area (Å²) in [6, 6.07) is 15.8. The lowest BCUT2D eigenvalue weighted by Crippen LogP contribution is -2.16. The van der Waals surface area contributed by atoms with Crippen LogP contribution in [0, 0.1) is 6.07 Å². The quantitative estimate of drug-likeness (QED) is 0.765. The molecule has 1 radical (unpaired) electrons. The Morgan fingerprint density at radius 3 is 1.88 bits per heavy atom. The second-order valence-electron chi connectivity index (χ2n) is 3.36. The van der Waals surface area contributed by atoms with Crippen molar-refractivity contribution in [3.63, 3.8) is 0 Å². The van der Waals surface area contributed by atoms with Gasteiger partial charge in [0.1, 0.15) is 5.75 Å². The van der Waals surface area contributed by atoms with Crippen LogP contribution in [0.15, 0.2) is 48.5 Å². The van der Waals surface area contributed by atoms with Crippen LogP contribution < -0.4 is 4.74 Å². The van der Waals surface area contributed by atoms with Crippen LogP contribution in [-0.2, 0) is 0 Å². The number of ether oxygens (including phenoxy) is 1. The zero-order valence-corrected chi connectivity index (χ0v) is 8.66. The number of rotatable bonds is 2. The zero-order chi connectivity index (χ0) is 12.3. The van der Waals surface area contributed by atoms with Gasteiger partial charge in [-0.1, -0.05) is 36.4 Å². The molecule has 0 amide bonds. The molecule has 0 saturated carbocycles. The summed E-state index contributed by atoms with van der Waals surface area (Å²) in [6.45, 7) is 0. The van der Waals surface area contributed by atoms with E-state index in [2.05, 4.69) is 10.8 Å². The molecular weight excluding hydrogens is 229 g/mol. The molecule has 2 aromatic carbocycles. The highest BCUT2D eigenvalue weighted by atomic mass is 19.4. The maximum absolute atomic E-state index is 11.9. The van der Waals surface area contributed by atoms with Gasteiger partial charge in [-0.2, -0.15) is 0 Å². The van der Waals surface area contributed by atoms with Crippen LogP contribution in [-0.4, -0.2) is 6.36 Å². The first kappa shape index (κ1) is 11.5. The molecule has 0 N–H and O–H groups in total. The van der Waals surface area contributed by atoms with Crippen LogP contribution >= 0.6 is 0 Å². The van der Waals surface area contributed by atoms with Crippen molar-refractivity contribution < 1.29 is 17.9 Å². The molecule has 4 heteroatoms. The number of alkyl halides is 3. The average molecular weight is 237 g/mol. The highest BCUT2D eigenvalue weighted by Crippen LogP contribution is 2.26. The summed E-state index contributed by atoms with van der Waals surface area (Å²) in [7, 11) is 0. The summed E-state index contributed by atoms with van der Waals surface area (Å²) in [5.74, 6) is -0.219. The fraction of sp³-hybridized carbons (Fsp3) is 0.0769. The molecule has 17 heavy (non-hydrogen) atoms. The van der Waals surface area contributed by atoms with E-state index >= 15 is 0 Å². The van der Waals surface area contributed by atoms with E-state index < -0.39 is 6.36 Å². The second-order valence-corrected chi connectivity index (χ2v) is 3.36. The largest absolute Gasteiger partial charge is 0.573 e. The standard InChI is InChI=1S/C13H8F3O/c14-13(15,16)17-12-8-6-11(7-9-12)10-4-2-1-3-5-10/h2-9H. The maximum Gasteiger partial charge on any atom is 0.573 e. The molecule has 0 aromatic heterocycles. The van der Waals surface area contributed by atoms with Crippen molar-refractivity contribution in [2.24, 2.45) is 0 Å². The highest BCUT2D eigenvalue weighted by Gasteiger charge is 2.30. The third-order valence-electron chi connectivity index (χ3n) is 2.14. The third kappa shape index (κ3) is 3.24. The summed E-state index contributed by atoms with van der Waals surface area (Å²) in [6.07, 6.45) is -4.65. The fourth-order valence-corrected chi connectivity index (χ4v) is 1.43.